The van der Waals surface area contributed by atoms with Crippen LogP contribution in [0.3, 0.4) is 0 Å². The molecular formula is C10H12INO3. The summed E-state index contributed by atoms with van der Waals surface area (Å²) in [5, 5.41) is 9.88. The molecule has 4 nitrogen and oxygen atoms in total. The molecule has 0 aliphatic rings. The highest BCUT2D eigenvalue weighted by Gasteiger charge is 2.20. The standard InChI is InChI=1S/C10H12INO3/c1-6(15-10(12)14)9(13)7-4-2-3-5-8(7)11/h2-6,9,13H,1H3,(H2,12,14)/t6-,9+/m0/s1. The lowest BCUT2D eigenvalue weighted by atomic mass is 10.1. The van der Waals surface area contributed by atoms with Gasteiger partial charge in [0.15, 0.2) is 0 Å². The van der Waals surface area contributed by atoms with E-state index in [-0.39, 0.29) is 0 Å². The van der Waals surface area contributed by atoms with Crippen LogP contribution in [0, 0.1) is 3.57 Å². The number of carbonyl (C=O) groups is 1. The van der Waals surface area contributed by atoms with Gasteiger partial charge in [-0.3, -0.25) is 0 Å². The van der Waals surface area contributed by atoms with Crippen LogP contribution in [0.5, 0.6) is 0 Å². The maximum Gasteiger partial charge on any atom is 0.404 e. The molecule has 0 bridgehead atoms. The molecular weight excluding hydrogens is 309 g/mol. The summed E-state index contributed by atoms with van der Waals surface area (Å²) in [6.45, 7) is 1.60. The fraction of sp³-hybridized carbons (Fsp3) is 0.300. The fourth-order valence-corrected chi connectivity index (χ4v) is 1.92. The van der Waals surface area contributed by atoms with Crippen molar-refractivity contribution < 1.29 is 14.6 Å². The van der Waals surface area contributed by atoms with Crippen LogP contribution < -0.4 is 5.73 Å². The number of halogens is 1. The molecule has 0 aliphatic heterocycles. The lowest BCUT2D eigenvalue weighted by Crippen LogP contribution is -2.26. The number of amides is 1. The molecule has 3 N–H and O–H groups in total. The Morgan fingerprint density at radius 2 is 2.13 bits per heavy atom. The summed E-state index contributed by atoms with van der Waals surface area (Å²) in [6.07, 6.45) is -2.39. The first-order valence-electron chi connectivity index (χ1n) is 4.41. The van der Waals surface area contributed by atoms with Gasteiger partial charge in [0.1, 0.15) is 12.2 Å². The average molecular weight is 321 g/mol. The first-order valence-corrected chi connectivity index (χ1v) is 5.49. The molecule has 0 aromatic heterocycles. The van der Waals surface area contributed by atoms with Crippen molar-refractivity contribution in [2.24, 2.45) is 5.73 Å². The molecule has 0 aliphatic carbocycles. The number of nitrogens with two attached hydrogens (primary N) is 1. The van der Waals surface area contributed by atoms with Gasteiger partial charge in [0.05, 0.1) is 0 Å². The fourth-order valence-electron chi connectivity index (χ4n) is 1.22. The minimum absolute atomic E-state index is 0.654. The largest absolute Gasteiger partial charge is 0.444 e. The van der Waals surface area contributed by atoms with Crippen LogP contribution in [0.15, 0.2) is 24.3 Å². The third-order valence-corrected chi connectivity index (χ3v) is 2.95. The van der Waals surface area contributed by atoms with E-state index < -0.39 is 18.3 Å². The first kappa shape index (κ1) is 12.3. The van der Waals surface area contributed by atoms with Crippen molar-refractivity contribution in [3.8, 4) is 0 Å². The van der Waals surface area contributed by atoms with Gasteiger partial charge in [0.25, 0.3) is 0 Å². The maximum absolute atomic E-state index is 10.5. The molecule has 0 unspecified atom stereocenters. The smallest absolute Gasteiger partial charge is 0.404 e. The number of carbonyl (C=O) groups excluding carboxylic acids is 1. The van der Waals surface area contributed by atoms with Crippen LogP contribution in [0.4, 0.5) is 4.79 Å². The van der Waals surface area contributed by atoms with Gasteiger partial charge in [-0.2, -0.15) is 0 Å². The minimum atomic E-state index is -0.882. The van der Waals surface area contributed by atoms with Gasteiger partial charge in [-0.1, -0.05) is 18.2 Å². The molecule has 0 saturated carbocycles. The van der Waals surface area contributed by atoms with Crippen molar-refractivity contribution in [1.29, 1.82) is 0 Å². The zero-order valence-electron chi connectivity index (χ0n) is 8.18. The number of rotatable bonds is 3. The predicted molar refractivity (Wildman–Crippen MR) is 64.2 cm³/mol. The van der Waals surface area contributed by atoms with Crippen molar-refractivity contribution in [2.45, 2.75) is 19.1 Å². The monoisotopic (exact) mass is 321 g/mol. The number of benzene rings is 1. The summed E-state index contributed by atoms with van der Waals surface area (Å²) in [4.78, 5) is 10.5. The van der Waals surface area contributed by atoms with Gasteiger partial charge in [-0.05, 0) is 41.1 Å². The van der Waals surface area contributed by atoms with Crippen molar-refractivity contribution in [2.75, 3.05) is 0 Å². The van der Waals surface area contributed by atoms with Gasteiger partial charge < -0.3 is 15.6 Å². The summed E-state index contributed by atoms with van der Waals surface area (Å²) in [5.74, 6) is 0. The summed E-state index contributed by atoms with van der Waals surface area (Å²) in [6, 6.07) is 7.35. The highest BCUT2D eigenvalue weighted by molar-refractivity contribution is 14.1. The van der Waals surface area contributed by atoms with Crippen LogP contribution >= 0.6 is 22.6 Å². The molecule has 1 aromatic rings. The van der Waals surface area contributed by atoms with E-state index in [2.05, 4.69) is 22.6 Å². The molecule has 0 saturated heterocycles. The number of aliphatic hydroxyl groups excluding tert-OH is 1. The van der Waals surface area contributed by atoms with Gasteiger partial charge >= 0.3 is 6.09 Å². The highest BCUT2D eigenvalue weighted by Crippen LogP contribution is 2.23. The third-order valence-electron chi connectivity index (χ3n) is 1.97. The summed E-state index contributed by atoms with van der Waals surface area (Å²) in [7, 11) is 0. The minimum Gasteiger partial charge on any atom is -0.444 e. The van der Waals surface area contributed by atoms with Gasteiger partial charge in [0.2, 0.25) is 0 Å². The first-order chi connectivity index (χ1) is 7.02. The Balaban J connectivity index is 2.80. The Morgan fingerprint density at radius 3 is 2.67 bits per heavy atom. The van der Waals surface area contributed by atoms with Crippen LogP contribution in [0.25, 0.3) is 0 Å². The lowest BCUT2D eigenvalue weighted by molar-refractivity contribution is 0.0154. The van der Waals surface area contributed by atoms with E-state index >= 15 is 0 Å². The quantitative estimate of drug-likeness (QED) is 0.834. The number of hydrogen-bond acceptors (Lipinski definition) is 3. The number of primary amides is 1. The van der Waals surface area contributed by atoms with Crippen molar-refractivity contribution in [1.82, 2.24) is 0 Å². The van der Waals surface area contributed by atoms with Gasteiger partial charge in [0, 0.05) is 3.57 Å². The summed E-state index contributed by atoms with van der Waals surface area (Å²) in [5.41, 5.74) is 5.60. The Kier molecular flexibility index (Phi) is 4.34. The number of ether oxygens (including phenoxy) is 1. The third kappa shape index (κ3) is 3.35. The summed E-state index contributed by atoms with van der Waals surface area (Å²) < 4.78 is 5.63. The normalized spacial score (nSPS) is 14.3. The second kappa shape index (κ2) is 5.32. The van der Waals surface area contributed by atoms with E-state index in [0.717, 1.165) is 9.13 Å². The zero-order chi connectivity index (χ0) is 11.4. The average Bonchev–Trinajstić information content (AvgIpc) is 2.16. The molecule has 1 rings (SSSR count). The summed E-state index contributed by atoms with van der Waals surface area (Å²) >= 11 is 2.11. The van der Waals surface area contributed by atoms with Crippen LogP contribution in [-0.4, -0.2) is 17.3 Å². The molecule has 5 heteroatoms. The van der Waals surface area contributed by atoms with Gasteiger partial charge in [-0.25, -0.2) is 4.79 Å². The van der Waals surface area contributed by atoms with Crippen LogP contribution in [0.2, 0.25) is 0 Å². The molecule has 2 atom stereocenters. The maximum atomic E-state index is 10.5. The molecule has 0 heterocycles. The van der Waals surface area contributed by atoms with Crippen molar-refractivity contribution in [3.63, 3.8) is 0 Å². The molecule has 0 radical (unpaired) electrons. The van der Waals surface area contributed by atoms with Crippen LogP contribution in [0.1, 0.15) is 18.6 Å². The predicted octanol–water partition coefficient (Wildman–Crippen LogP) is 1.81. The Bertz CT molecular complexity index is 356. The molecule has 1 amide bonds. The Labute approximate surface area is 102 Å². The molecule has 0 fully saturated rings. The van der Waals surface area contributed by atoms with E-state index in [0.29, 0.717) is 0 Å². The highest BCUT2D eigenvalue weighted by atomic mass is 127. The molecule has 82 valence electrons. The van der Waals surface area contributed by atoms with E-state index in [1.165, 1.54) is 0 Å². The second-order valence-electron chi connectivity index (χ2n) is 3.11. The topological polar surface area (TPSA) is 72.5 Å². The molecule has 15 heavy (non-hydrogen) atoms. The van der Waals surface area contributed by atoms with E-state index in [9.17, 15) is 9.90 Å². The van der Waals surface area contributed by atoms with E-state index in [1.807, 2.05) is 18.2 Å². The van der Waals surface area contributed by atoms with Gasteiger partial charge in [-0.15, -0.1) is 0 Å². The molecule has 0 spiro atoms. The van der Waals surface area contributed by atoms with Crippen molar-refractivity contribution in [3.05, 3.63) is 33.4 Å². The SMILES string of the molecule is C[C@H](OC(N)=O)[C@@H](O)c1ccccc1I. The number of aliphatic hydroxyl groups is 1. The second-order valence-corrected chi connectivity index (χ2v) is 4.27. The Morgan fingerprint density at radius 1 is 1.53 bits per heavy atom. The van der Waals surface area contributed by atoms with E-state index in [4.69, 9.17) is 10.5 Å². The lowest BCUT2D eigenvalue weighted by Gasteiger charge is -2.19. The number of hydrogen-bond donors (Lipinski definition) is 2. The zero-order valence-corrected chi connectivity index (χ0v) is 10.3. The Hall–Kier alpha value is -0.820. The van der Waals surface area contributed by atoms with E-state index in [1.54, 1.807) is 13.0 Å². The molecule has 1 aromatic carbocycles. The van der Waals surface area contributed by atoms with Crippen LogP contribution in [-0.2, 0) is 4.74 Å². The van der Waals surface area contributed by atoms with Crippen molar-refractivity contribution >= 4 is 28.7 Å².